The van der Waals surface area contributed by atoms with Gasteiger partial charge in [-0.05, 0) is 44.9 Å². The Balaban J connectivity index is 3.14. The molecule has 0 bridgehead atoms. The Morgan fingerprint density at radius 1 is 1.24 bits per heavy atom. The van der Waals surface area contributed by atoms with Crippen molar-refractivity contribution in [1.82, 2.24) is 0 Å². The van der Waals surface area contributed by atoms with Crippen LogP contribution in [-0.2, 0) is 15.4 Å². The summed E-state index contributed by atoms with van der Waals surface area (Å²) in [5.41, 5.74) is 6.66. The van der Waals surface area contributed by atoms with Crippen LogP contribution in [0.15, 0.2) is 29.2 Å². The van der Waals surface area contributed by atoms with Crippen LogP contribution in [-0.4, -0.2) is 13.7 Å². The summed E-state index contributed by atoms with van der Waals surface area (Å²) < 4.78 is 23.9. The highest BCUT2D eigenvalue weighted by molar-refractivity contribution is 7.92. The van der Waals surface area contributed by atoms with E-state index in [9.17, 15) is 8.42 Å². The first-order valence-electron chi connectivity index (χ1n) is 5.85. The molecule has 0 radical (unpaired) electrons. The zero-order chi connectivity index (χ0) is 13.3. The predicted molar refractivity (Wildman–Crippen MR) is 70.6 cm³/mol. The van der Waals surface area contributed by atoms with E-state index >= 15 is 0 Å². The third-order valence-electron chi connectivity index (χ3n) is 3.20. The molecule has 1 unspecified atom stereocenters. The van der Waals surface area contributed by atoms with Gasteiger partial charge in [-0.15, -0.1) is 0 Å². The molecule has 0 saturated heterocycles. The molecule has 0 heterocycles. The van der Waals surface area contributed by atoms with Crippen LogP contribution in [0.5, 0.6) is 0 Å². The molecule has 1 aromatic rings. The summed E-state index contributed by atoms with van der Waals surface area (Å²) in [5, 5.41) is -0.399. The van der Waals surface area contributed by atoms with Gasteiger partial charge in [-0.25, -0.2) is 8.42 Å². The molecule has 0 amide bonds. The first-order chi connectivity index (χ1) is 7.71. The minimum absolute atomic E-state index is 0.364. The fraction of sp³-hybridized carbons (Fsp3) is 0.538. The van der Waals surface area contributed by atoms with Crippen LogP contribution in [0.1, 0.15) is 39.7 Å². The van der Waals surface area contributed by atoms with Gasteiger partial charge in [0.1, 0.15) is 0 Å². The maximum absolute atomic E-state index is 11.9. The van der Waals surface area contributed by atoms with Crippen LogP contribution >= 0.6 is 0 Å². The average Bonchev–Trinajstić information content (AvgIpc) is 2.29. The summed E-state index contributed by atoms with van der Waals surface area (Å²) in [6, 6.07) is 6.90. The van der Waals surface area contributed by atoms with E-state index in [-0.39, 0.29) is 0 Å². The number of rotatable bonds is 4. The molecule has 4 heteroatoms. The van der Waals surface area contributed by atoms with Gasteiger partial charge in [0.15, 0.2) is 9.84 Å². The van der Waals surface area contributed by atoms with Crippen molar-refractivity contribution in [2.24, 2.45) is 5.73 Å². The second-order valence-electron chi connectivity index (χ2n) is 4.89. The van der Waals surface area contributed by atoms with Crippen molar-refractivity contribution in [3.8, 4) is 0 Å². The fourth-order valence-electron chi connectivity index (χ4n) is 1.50. The van der Waals surface area contributed by atoms with Crippen LogP contribution in [0.4, 0.5) is 0 Å². The van der Waals surface area contributed by atoms with Crippen LogP contribution in [0.2, 0.25) is 0 Å². The second kappa shape index (κ2) is 4.78. The molecule has 0 fully saturated rings. The molecule has 17 heavy (non-hydrogen) atoms. The van der Waals surface area contributed by atoms with Gasteiger partial charge in [0.05, 0.1) is 10.1 Å². The Bertz CT molecular complexity index is 473. The van der Waals surface area contributed by atoms with Gasteiger partial charge in [0.25, 0.3) is 0 Å². The normalized spacial score (nSPS) is 15.9. The van der Waals surface area contributed by atoms with E-state index < -0.39 is 20.6 Å². The number of hydrogen-bond acceptors (Lipinski definition) is 3. The van der Waals surface area contributed by atoms with Gasteiger partial charge < -0.3 is 5.73 Å². The van der Waals surface area contributed by atoms with Crippen molar-refractivity contribution >= 4 is 9.84 Å². The molecule has 0 aliphatic rings. The molecule has 1 rings (SSSR count). The Morgan fingerprint density at radius 3 is 2.06 bits per heavy atom. The highest BCUT2D eigenvalue weighted by atomic mass is 32.2. The van der Waals surface area contributed by atoms with Crippen LogP contribution in [0.25, 0.3) is 0 Å². The number of hydrogen-bond donors (Lipinski definition) is 1. The first kappa shape index (κ1) is 14.2. The maximum atomic E-state index is 11.9. The topological polar surface area (TPSA) is 60.2 Å². The Kier molecular flexibility index (Phi) is 3.99. The molecular weight excluding hydrogens is 234 g/mol. The van der Waals surface area contributed by atoms with Crippen LogP contribution in [0.3, 0.4) is 0 Å². The van der Waals surface area contributed by atoms with E-state index in [0.29, 0.717) is 4.90 Å². The van der Waals surface area contributed by atoms with E-state index in [4.69, 9.17) is 5.73 Å². The van der Waals surface area contributed by atoms with Crippen LogP contribution < -0.4 is 5.73 Å². The van der Waals surface area contributed by atoms with Crippen molar-refractivity contribution in [1.29, 1.82) is 0 Å². The number of sulfone groups is 1. The summed E-state index contributed by atoms with van der Waals surface area (Å²) in [5.74, 6) is 0. The average molecular weight is 255 g/mol. The minimum Gasteiger partial charge on any atom is -0.322 e. The lowest BCUT2D eigenvalue weighted by molar-refractivity contribution is 0.476. The highest BCUT2D eigenvalue weighted by Gasteiger charge is 2.22. The summed E-state index contributed by atoms with van der Waals surface area (Å²) >= 11 is 0. The van der Waals surface area contributed by atoms with Gasteiger partial charge >= 0.3 is 0 Å². The standard InChI is InChI=1S/C13H21NO2S/c1-5-13(4,14)11-6-8-12(9-7-11)17(15,16)10(2)3/h6-10H,5,14H2,1-4H3. The van der Waals surface area contributed by atoms with E-state index in [0.717, 1.165) is 12.0 Å². The molecule has 1 aromatic carbocycles. The molecule has 1 atom stereocenters. The van der Waals surface area contributed by atoms with Crippen molar-refractivity contribution in [2.45, 2.75) is 49.8 Å². The smallest absolute Gasteiger partial charge is 0.180 e. The van der Waals surface area contributed by atoms with E-state index in [1.165, 1.54) is 0 Å². The Labute approximate surface area is 104 Å². The molecule has 96 valence electrons. The lowest BCUT2D eigenvalue weighted by atomic mass is 9.91. The van der Waals surface area contributed by atoms with Crippen LogP contribution in [0, 0.1) is 0 Å². The lowest BCUT2D eigenvalue weighted by Crippen LogP contribution is -2.31. The highest BCUT2D eigenvalue weighted by Crippen LogP contribution is 2.24. The van der Waals surface area contributed by atoms with Gasteiger partial charge in [0, 0.05) is 5.54 Å². The lowest BCUT2D eigenvalue weighted by Gasteiger charge is -2.23. The van der Waals surface area contributed by atoms with Gasteiger partial charge in [-0.1, -0.05) is 19.1 Å². The Morgan fingerprint density at radius 2 is 1.71 bits per heavy atom. The second-order valence-corrected chi connectivity index (χ2v) is 7.39. The zero-order valence-electron chi connectivity index (χ0n) is 10.9. The molecule has 0 aliphatic carbocycles. The molecule has 0 aromatic heterocycles. The number of nitrogens with two attached hydrogens (primary N) is 1. The van der Waals surface area contributed by atoms with E-state index in [1.54, 1.807) is 38.1 Å². The van der Waals surface area contributed by atoms with E-state index in [1.807, 2.05) is 13.8 Å². The maximum Gasteiger partial charge on any atom is 0.180 e. The number of benzene rings is 1. The van der Waals surface area contributed by atoms with Gasteiger partial charge in [-0.2, -0.15) is 0 Å². The van der Waals surface area contributed by atoms with Crippen molar-refractivity contribution in [3.05, 3.63) is 29.8 Å². The molecule has 2 N–H and O–H groups in total. The zero-order valence-corrected chi connectivity index (χ0v) is 11.7. The summed E-state index contributed by atoms with van der Waals surface area (Å²) in [7, 11) is -3.19. The molecule has 0 aliphatic heterocycles. The minimum atomic E-state index is -3.19. The fourth-order valence-corrected chi connectivity index (χ4v) is 2.56. The summed E-state index contributed by atoms with van der Waals surface area (Å²) in [6.07, 6.45) is 0.809. The quantitative estimate of drug-likeness (QED) is 0.899. The van der Waals surface area contributed by atoms with E-state index in [2.05, 4.69) is 0 Å². The third kappa shape index (κ3) is 2.87. The van der Waals surface area contributed by atoms with Crippen molar-refractivity contribution < 1.29 is 8.42 Å². The monoisotopic (exact) mass is 255 g/mol. The summed E-state index contributed by atoms with van der Waals surface area (Å²) in [4.78, 5) is 0.364. The first-order valence-corrected chi connectivity index (χ1v) is 7.39. The molecule has 0 saturated carbocycles. The SMILES string of the molecule is CCC(C)(N)c1ccc(S(=O)(=O)C(C)C)cc1. The largest absolute Gasteiger partial charge is 0.322 e. The summed E-state index contributed by atoms with van der Waals surface area (Å²) in [6.45, 7) is 7.32. The molecular formula is C13H21NO2S. The third-order valence-corrected chi connectivity index (χ3v) is 5.37. The van der Waals surface area contributed by atoms with Crippen molar-refractivity contribution in [3.63, 3.8) is 0 Å². The molecule has 3 nitrogen and oxygen atoms in total. The predicted octanol–water partition coefficient (Wildman–Crippen LogP) is 2.45. The van der Waals surface area contributed by atoms with Gasteiger partial charge in [0.2, 0.25) is 0 Å². The molecule has 0 spiro atoms. The van der Waals surface area contributed by atoms with Crippen molar-refractivity contribution in [2.75, 3.05) is 0 Å². The Hall–Kier alpha value is -0.870. The van der Waals surface area contributed by atoms with Gasteiger partial charge in [-0.3, -0.25) is 0 Å².